The van der Waals surface area contributed by atoms with Gasteiger partial charge in [-0.05, 0) is 30.5 Å². The molecule has 13 heavy (non-hydrogen) atoms. The van der Waals surface area contributed by atoms with E-state index in [-0.39, 0.29) is 0 Å². The Morgan fingerprint density at radius 2 is 1.77 bits per heavy atom. The zero-order chi connectivity index (χ0) is 9.10. The highest BCUT2D eigenvalue weighted by Crippen LogP contribution is 2.32. The minimum absolute atomic E-state index is 0.885. The maximum absolute atomic E-state index is 5.75. The highest BCUT2D eigenvalue weighted by Gasteiger charge is 2.15. The molecule has 0 spiro atoms. The number of nitrogens with two attached hydrogens (primary N) is 1. The summed E-state index contributed by atoms with van der Waals surface area (Å²) in [5, 5.41) is 0. The molecule has 1 aromatic carbocycles. The van der Waals surface area contributed by atoms with E-state index in [1.54, 1.807) is 5.92 Å². The van der Waals surface area contributed by atoms with Crippen LogP contribution >= 0.6 is 0 Å². The Morgan fingerprint density at radius 3 is 2.46 bits per heavy atom. The van der Waals surface area contributed by atoms with Crippen LogP contribution in [0.15, 0.2) is 24.3 Å². The van der Waals surface area contributed by atoms with Gasteiger partial charge in [-0.15, -0.1) is 0 Å². The molecule has 1 fully saturated rings. The zero-order valence-corrected chi connectivity index (χ0v) is 7.92. The lowest BCUT2D eigenvalue weighted by Gasteiger charge is -2.21. The van der Waals surface area contributed by atoms with Gasteiger partial charge in [0.2, 0.25) is 0 Å². The van der Waals surface area contributed by atoms with Crippen LogP contribution in [0.2, 0.25) is 0 Å². The van der Waals surface area contributed by atoms with Gasteiger partial charge in [0, 0.05) is 11.6 Å². The summed E-state index contributed by atoms with van der Waals surface area (Å²) in [6.45, 7) is 0. The first-order valence-corrected chi connectivity index (χ1v) is 5.07. The third-order valence-electron chi connectivity index (χ3n) is 2.75. The molecule has 1 nitrogen and oxygen atoms in total. The van der Waals surface area contributed by atoms with E-state index >= 15 is 0 Å². The van der Waals surface area contributed by atoms with E-state index < -0.39 is 0 Å². The van der Waals surface area contributed by atoms with Crippen molar-refractivity contribution < 1.29 is 0 Å². The smallest absolute Gasteiger partial charge is 0.0316 e. The maximum Gasteiger partial charge on any atom is 0.0316 e. The molecular weight excluding hydrogens is 158 g/mol. The molecule has 1 aliphatic rings. The quantitative estimate of drug-likeness (QED) is 0.650. The second-order valence-corrected chi connectivity index (χ2v) is 3.79. The lowest BCUT2D eigenvalue weighted by Crippen LogP contribution is -2.05. The van der Waals surface area contributed by atoms with Gasteiger partial charge in [-0.25, -0.2) is 0 Å². The maximum atomic E-state index is 5.75. The summed E-state index contributed by atoms with van der Waals surface area (Å²) < 4.78 is 0. The molecule has 1 aromatic rings. The minimum Gasteiger partial charge on any atom is -0.399 e. The van der Waals surface area contributed by atoms with Crippen LogP contribution in [0.4, 0.5) is 5.69 Å². The van der Waals surface area contributed by atoms with Crippen molar-refractivity contribution in [2.45, 2.75) is 32.1 Å². The number of nitrogen functional groups attached to an aromatic ring is 1. The van der Waals surface area contributed by atoms with Crippen LogP contribution in [0.1, 0.15) is 37.7 Å². The standard InChI is InChI=1S/C12H16N/c13-12-8-4-7-11(9-12)10-5-2-1-3-6-10/h4,7-9H,1-3,5-6,13H2. The van der Waals surface area contributed by atoms with Crippen molar-refractivity contribution in [1.29, 1.82) is 0 Å². The summed E-state index contributed by atoms with van der Waals surface area (Å²) in [5.74, 6) is 1.60. The van der Waals surface area contributed by atoms with Gasteiger partial charge in [0.1, 0.15) is 0 Å². The minimum atomic E-state index is 0.885. The second kappa shape index (κ2) is 3.82. The first kappa shape index (κ1) is 8.61. The summed E-state index contributed by atoms with van der Waals surface area (Å²) in [5.41, 5.74) is 8.00. The van der Waals surface area contributed by atoms with Crippen molar-refractivity contribution in [3.63, 3.8) is 0 Å². The Morgan fingerprint density at radius 1 is 1.00 bits per heavy atom. The third kappa shape index (κ3) is 2.03. The van der Waals surface area contributed by atoms with Gasteiger partial charge < -0.3 is 5.73 Å². The average molecular weight is 174 g/mol. The number of benzene rings is 1. The first-order chi connectivity index (χ1) is 6.36. The van der Waals surface area contributed by atoms with Crippen LogP contribution in [-0.2, 0) is 0 Å². The fourth-order valence-corrected chi connectivity index (χ4v) is 2.03. The predicted octanol–water partition coefficient (Wildman–Crippen LogP) is 3.16. The normalized spacial score (nSPS) is 18.8. The molecule has 0 saturated heterocycles. The van der Waals surface area contributed by atoms with Crippen molar-refractivity contribution >= 4 is 5.69 Å². The zero-order valence-electron chi connectivity index (χ0n) is 7.92. The third-order valence-corrected chi connectivity index (χ3v) is 2.75. The highest BCUT2D eigenvalue weighted by molar-refractivity contribution is 5.45. The molecule has 1 heteroatoms. The lowest BCUT2D eigenvalue weighted by molar-refractivity contribution is 0.551. The van der Waals surface area contributed by atoms with Gasteiger partial charge >= 0.3 is 0 Å². The molecule has 69 valence electrons. The average Bonchev–Trinajstić information content (AvgIpc) is 2.19. The van der Waals surface area contributed by atoms with Crippen molar-refractivity contribution in [1.82, 2.24) is 0 Å². The summed E-state index contributed by atoms with van der Waals surface area (Å²) >= 11 is 0. The van der Waals surface area contributed by atoms with Gasteiger partial charge in [0.15, 0.2) is 0 Å². The van der Waals surface area contributed by atoms with Gasteiger partial charge in [-0.1, -0.05) is 31.4 Å². The van der Waals surface area contributed by atoms with E-state index in [9.17, 15) is 0 Å². The van der Waals surface area contributed by atoms with Crippen molar-refractivity contribution in [2.75, 3.05) is 5.73 Å². The molecule has 0 amide bonds. The fourth-order valence-electron chi connectivity index (χ4n) is 2.03. The van der Waals surface area contributed by atoms with E-state index in [0.29, 0.717) is 0 Å². The van der Waals surface area contributed by atoms with Crippen LogP contribution < -0.4 is 5.73 Å². The van der Waals surface area contributed by atoms with Crippen LogP contribution in [-0.4, -0.2) is 0 Å². The number of anilines is 1. The SMILES string of the molecule is Nc1cccc([C]2CCCCC2)c1. The number of hydrogen-bond donors (Lipinski definition) is 1. The van der Waals surface area contributed by atoms with E-state index in [0.717, 1.165) is 5.69 Å². The van der Waals surface area contributed by atoms with Gasteiger partial charge in [-0.2, -0.15) is 0 Å². The molecule has 1 radical (unpaired) electrons. The fraction of sp³-hybridized carbons (Fsp3) is 0.417. The Kier molecular flexibility index (Phi) is 2.53. The summed E-state index contributed by atoms with van der Waals surface area (Å²) in [6.07, 6.45) is 6.63. The number of rotatable bonds is 1. The van der Waals surface area contributed by atoms with E-state index in [2.05, 4.69) is 12.1 Å². The topological polar surface area (TPSA) is 26.0 Å². The Balaban J connectivity index is 2.14. The monoisotopic (exact) mass is 174 g/mol. The van der Waals surface area contributed by atoms with Crippen molar-refractivity contribution in [3.05, 3.63) is 35.7 Å². The molecule has 0 unspecified atom stereocenters. The van der Waals surface area contributed by atoms with Crippen LogP contribution in [0.5, 0.6) is 0 Å². The molecule has 0 bridgehead atoms. The predicted molar refractivity (Wildman–Crippen MR) is 56.3 cm³/mol. The Hall–Kier alpha value is -0.980. The number of hydrogen-bond acceptors (Lipinski definition) is 1. The summed E-state index contributed by atoms with van der Waals surface area (Å²) in [4.78, 5) is 0. The second-order valence-electron chi connectivity index (χ2n) is 3.79. The Bertz CT molecular complexity index is 274. The van der Waals surface area contributed by atoms with Gasteiger partial charge in [-0.3, -0.25) is 0 Å². The Labute approximate surface area is 80.0 Å². The van der Waals surface area contributed by atoms with Crippen LogP contribution in [0.3, 0.4) is 0 Å². The molecule has 1 saturated carbocycles. The molecule has 0 aromatic heterocycles. The van der Waals surface area contributed by atoms with Gasteiger partial charge in [0.05, 0.1) is 0 Å². The van der Waals surface area contributed by atoms with E-state index in [1.165, 1.54) is 37.7 Å². The van der Waals surface area contributed by atoms with Gasteiger partial charge in [0.25, 0.3) is 0 Å². The highest BCUT2D eigenvalue weighted by atomic mass is 14.5. The first-order valence-electron chi connectivity index (χ1n) is 5.07. The summed E-state index contributed by atoms with van der Waals surface area (Å²) in [7, 11) is 0. The molecule has 2 N–H and O–H groups in total. The van der Waals surface area contributed by atoms with Crippen LogP contribution in [0, 0.1) is 5.92 Å². The lowest BCUT2D eigenvalue weighted by atomic mass is 9.84. The molecular formula is C12H16N. The summed E-state index contributed by atoms with van der Waals surface area (Å²) in [6, 6.07) is 8.27. The molecule has 0 heterocycles. The molecule has 0 atom stereocenters. The molecule has 2 rings (SSSR count). The van der Waals surface area contributed by atoms with Crippen molar-refractivity contribution in [3.8, 4) is 0 Å². The van der Waals surface area contributed by atoms with E-state index in [1.807, 2.05) is 12.1 Å². The molecule has 1 aliphatic carbocycles. The van der Waals surface area contributed by atoms with Crippen molar-refractivity contribution in [2.24, 2.45) is 0 Å². The molecule has 0 aliphatic heterocycles. The van der Waals surface area contributed by atoms with Crippen LogP contribution in [0.25, 0.3) is 0 Å². The van der Waals surface area contributed by atoms with E-state index in [4.69, 9.17) is 5.73 Å². The largest absolute Gasteiger partial charge is 0.399 e.